The predicted octanol–water partition coefficient (Wildman–Crippen LogP) is -1.15. The zero-order chi connectivity index (χ0) is 10.1. The van der Waals surface area contributed by atoms with Gasteiger partial charge in [-0.3, -0.25) is 10.1 Å². The molecule has 4 amide bonds. The standard InChI is InChI=1S/C6H9N3O4/c1-6(2-7-5(12)13)3(10)8-4(11)9-6/h7H,2H2,1H3,(H,12,13)(H2,8,9,10,11). The van der Waals surface area contributed by atoms with Gasteiger partial charge in [-0.15, -0.1) is 0 Å². The minimum Gasteiger partial charge on any atom is -0.465 e. The van der Waals surface area contributed by atoms with Crippen LogP contribution in [0, 0.1) is 0 Å². The zero-order valence-electron chi connectivity index (χ0n) is 6.88. The first-order chi connectivity index (χ1) is 5.94. The Hall–Kier alpha value is -1.79. The molecule has 1 aliphatic rings. The van der Waals surface area contributed by atoms with Crippen LogP contribution in [0.1, 0.15) is 6.92 Å². The summed E-state index contributed by atoms with van der Waals surface area (Å²) in [4.78, 5) is 31.9. The first kappa shape index (κ1) is 9.30. The predicted molar refractivity (Wildman–Crippen MR) is 41.1 cm³/mol. The second-order valence-electron chi connectivity index (χ2n) is 2.90. The Bertz CT molecular complexity index is 277. The fourth-order valence-corrected chi connectivity index (χ4v) is 0.957. The lowest BCUT2D eigenvalue weighted by Crippen LogP contribution is -2.52. The number of urea groups is 1. The molecule has 1 unspecified atom stereocenters. The largest absolute Gasteiger partial charge is 0.465 e. The average molecular weight is 187 g/mol. The molecule has 7 nitrogen and oxygen atoms in total. The van der Waals surface area contributed by atoms with E-state index in [0.717, 1.165) is 0 Å². The molecule has 0 aromatic heterocycles. The van der Waals surface area contributed by atoms with Crippen LogP contribution in [-0.4, -0.2) is 35.2 Å². The summed E-state index contributed by atoms with van der Waals surface area (Å²) in [5.41, 5.74) is -1.19. The molecular weight excluding hydrogens is 178 g/mol. The van der Waals surface area contributed by atoms with Crippen molar-refractivity contribution in [3.05, 3.63) is 0 Å². The molecule has 1 saturated heterocycles. The van der Waals surface area contributed by atoms with Crippen LogP contribution in [0.3, 0.4) is 0 Å². The molecule has 4 N–H and O–H groups in total. The molecule has 1 heterocycles. The van der Waals surface area contributed by atoms with Gasteiger partial charge in [0.25, 0.3) is 5.91 Å². The van der Waals surface area contributed by atoms with Crippen molar-refractivity contribution in [3.63, 3.8) is 0 Å². The summed E-state index contributed by atoms with van der Waals surface area (Å²) < 4.78 is 0. The Labute approximate surface area is 73.5 Å². The molecule has 0 aromatic rings. The van der Waals surface area contributed by atoms with Crippen molar-refractivity contribution in [2.45, 2.75) is 12.5 Å². The average Bonchev–Trinajstić information content (AvgIpc) is 2.23. The number of imide groups is 1. The second kappa shape index (κ2) is 2.92. The van der Waals surface area contributed by atoms with Crippen LogP contribution in [0.2, 0.25) is 0 Å². The van der Waals surface area contributed by atoms with Crippen molar-refractivity contribution in [1.29, 1.82) is 0 Å². The van der Waals surface area contributed by atoms with Crippen LogP contribution in [-0.2, 0) is 4.79 Å². The molecule has 0 aliphatic carbocycles. The summed E-state index contributed by atoms with van der Waals surface area (Å²) >= 11 is 0. The molecule has 0 radical (unpaired) electrons. The van der Waals surface area contributed by atoms with E-state index in [1.807, 2.05) is 10.6 Å². The highest BCUT2D eigenvalue weighted by atomic mass is 16.4. The third-order valence-corrected chi connectivity index (χ3v) is 1.71. The Balaban J connectivity index is 2.60. The van der Waals surface area contributed by atoms with Crippen molar-refractivity contribution in [2.24, 2.45) is 0 Å². The van der Waals surface area contributed by atoms with Gasteiger partial charge in [-0.05, 0) is 6.92 Å². The summed E-state index contributed by atoms with van der Waals surface area (Å²) in [6.45, 7) is 1.28. The number of hydrogen-bond acceptors (Lipinski definition) is 3. The highest BCUT2D eigenvalue weighted by molar-refractivity contribution is 6.07. The topological polar surface area (TPSA) is 108 Å². The number of carbonyl (C=O) groups is 3. The van der Waals surface area contributed by atoms with Crippen molar-refractivity contribution >= 4 is 18.0 Å². The van der Waals surface area contributed by atoms with E-state index in [1.165, 1.54) is 6.92 Å². The summed E-state index contributed by atoms with van der Waals surface area (Å²) in [6.07, 6.45) is -1.24. The van der Waals surface area contributed by atoms with E-state index in [2.05, 4.69) is 5.32 Å². The van der Waals surface area contributed by atoms with Crippen LogP contribution in [0.25, 0.3) is 0 Å². The Morgan fingerprint density at radius 1 is 1.62 bits per heavy atom. The molecule has 72 valence electrons. The molecule has 13 heavy (non-hydrogen) atoms. The third-order valence-electron chi connectivity index (χ3n) is 1.71. The highest BCUT2D eigenvalue weighted by Crippen LogP contribution is 2.07. The van der Waals surface area contributed by atoms with Gasteiger partial charge in [-0.25, -0.2) is 9.59 Å². The Morgan fingerprint density at radius 2 is 2.23 bits per heavy atom. The maximum atomic E-state index is 11.1. The van der Waals surface area contributed by atoms with Gasteiger partial charge in [0.15, 0.2) is 0 Å². The van der Waals surface area contributed by atoms with Gasteiger partial charge in [0.2, 0.25) is 0 Å². The quantitative estimate of drug-likeness (QED) is 0.409. The Morgan fingerprint density at radius 3 is 2.62 bits per heavy atom. The third kappa shape index (κ3) is 1.86. The van der Waals surface area contributed by atoms with Crippen LogP contribution < -0.4 is 16.0 Å². The molecule has 0 spiro atoms. The molecule has 1 rings (SSSR count). The maximum absolute atomic E-state index is 11.1. The van der Waals surface area contributed by atoms with E-state index in [1.54, 1.807) is 0 Å². The summed E-state index contributed by atoms with van der Waals surface area (Å²) in [7, 11) is 0. The summed E-state index contributed by atoms with van der Waals surface area (Å²) in [5.74, 6) is -0.536. The minimum atomic E-state index is -1.24. The van der Waals surface area contributed by atoms with E-state index >= 15 is 0 Å². The number of amides is 4. The van der Waals surface area contributed by atoms with Gasteiger partial charge < -0.3 is 15.7 Å². The van der Waals surface area contributed by atoms with Crippen LogP contribution in [0.4, 0.5) is 9.59 Å². The monoisotopic (exact) mass is 187 g/mol. The van der Waals surface area contributed by atoms with Gasteiger partial charge in [0, 0.05) is 0 Å². The van der Waals surface area contributed by atoms with Crippen LogP contribution in [0.5, 0.6) is 0 Å². The number of carboxylic acid groups (broad SMARTS) is 1. The molecule has 1 aliphatic heterocycles. The summed E-state index contributed by atoms with van der Waals surface area (Å²) in [5, 5.41) is 14.6. The van der Waals surface area contributed by atoms with Crippen molar-refractivity contribution in [3.8, 4) is 0 Å². The molecule has 0 aromatic carbocycles. The fourth-order valence-electron chi connectivity index (χ4n) is 0.957. The first-order valence-electron chi connectivity index (χ1n) is 3.54. The van der Waals surface area contributed by atoms with E-state index in [-0.39, 0.29) is 6.54 Å². The van der Waals surface area contributed by atoms with E-state index in [0.29, 0.717) is 0 Å². The van der Waals surface area contributed by atoms with Crippen LogP contribution in [0.15, 0.2) is 0 Å². The van der Waals surface area contributed by atoms with Gasteiger partial charge in [0.1, 0.15) is 5.54 Å². The minimum absolute atomic E-state index is 0.153. The second-order valence-corrected chi connectivity index (χ2v) is 2.90. The molecule has 1 atom stereocenters. The van der Waals surface area contributed by atoms with Crippen molar-refractivity contribution in [1.82, 2.24) is 16.0 Å². The fraction of sp³-hybridized carbons (Fsp3) is 0.500. The van der Waals surface area contributed by atoms with E-state index < -0.39 is 23.6 Å². The van der Waals surface area contributed by atoms with Crippen LogP contribution >= 0.6 is 0 Å². The zero-order valence-corrected chi connectivity index (χ0v) is 6.88. The lowest BCUT2D eigenvalue weighted by molar-refractivity contribution is -0.123. The van der Waals surface area contributed by atoms with Gasteiger partial charge >= 0.3 is 12.1 Å². The number of rotatable bonds is 2. The molecule has 7 heteroatoms. The molecule has 0 bridgehead atoms. The van der Waals surface area contributed by atoms with Gasteiger partial charge in [0.05, 0.1) is 6.54 Å². The molecule has 0 saturated carbocycles. The molecular formula is C6H9N3O4. The summed E-state index contributed by atoms with van der Waals surface area (Å²) in [6, 6.07) is -0.611. The smallest absolute Gasteiger partial charge is 0.404 e. The maximum Gasteiger partial charge on any atom is 0.404 e. The Kier molecular flexibility index (Phi) is 2.09. The normalized spacial score (nSPS) is 26.5. The number of nitrogens with one attached hydrogen (secondary N) is 3. The van der Waals surface area contributed by atoms with Gasteiger partial charge in [-0.1, -0.05) is 0 Å². The van der Waals surface area contributed by atoms with E-state index in [9.17, 15) is 14.4 Å². The lowest BCUT2D eigenvalue weighted by atomic mass is 10.0. The lowest BCUT2D eigenvalue weighted by Gasteiger charge is -2.19. The van der Waals surface area contributed by atoms with Gasteiger partial charge in [-0.2, -0.15) is 0 Å². The van der Waals surface area contributed by atoms with Crippen molar-refractivity contribution < 1.29 is 19.5 Å². The number of carbonyl (C=O) groups excluding carboxylic acids is 2. The SMILES string of the molecule is CC1(CNC(=O)O)NC(=O)NC1=O. The van der Waals surface area contributed by atoms with E-state index in [4.69, 9.17) is 5.11 Å². The highest BCUT2D eigenvalue weighted by Gasteiger charge is 2.41. The van der Waals surface area contributed by atoms with Crippen molar-refractivity contribution in [2.75, 3.05) is 6.54 Å². The molecule has 1 fully saturated rings. The number of hydrogen-bond donors (Lipinski definition) is 4. The first-order valence-corrected chi connectivity index (χ1v) is 3.54.